The fourth-order valence-electron chi connectivity index (χ4n) is 4.25. The van der Waals surface area contributed by atoms with Crippen LogP contribution in [-0.4, -0.2) is 57.4 Å². The normalized spacial score (nSPS) is 20.4. The number of hydrogen-bond donors (Lipinski definition) is 0. The number of ether oxygens (including phenoxy) is 2. The number of aryl methyl sites for hydroxylation is 1. The topological polar surface area (TPSA) is 69.5 Å². The molecular weight excluding hydrogens is 388 g/mol. The Bertz CT molecular complexity index is 1020. The van der Waals surface area contributed by atoms with Crippen LogP contribution >= 0.6 is 11.5 Å². The minimum absolute atomic E-state index is 0.0360. The van der Waals surface area contributed by atoms with Gasteiger partial charge in [-0.25, -0.2) is 0 Å². The van der Waals surface area contributed by atoms with Gasteiger partial charge in [0, 0.05) is 44.1 Å². The quantitative estimate of drug-likeness (QED) is 0.657. The molecule has 5 rings (SSSR count). The van der Waals surface area contributed by atoms with E-state index in [1.807, 2.05) is 17.9 Å². The molecule has 0 N–H and O–H groups in total. The minimum Gasteiger partial charge on any atom is -0.490 e. The lowest BCUT2D eigenvalue weighted by atomic mass is 10.1. The summed E-state index contributed by atoms with van der Waals surface area (Å²) in [6.07, 6.45) is 4.96. The summed E-state index contributed by atoms with van der Waals surface area (Å²) in [5, 5.41) is 5.09. The SMILES string of the molecule is Cc1nnsc1C(=O)N1CCC(Oc2cccc3c2ccn3C2CCOC2)CC1. The van der Waals surface area contributed by atoms with E-state index in [2.05, 4.69) is 38.5 Å². The van der Waals surface area contributed by atoms with Crippen LogP contribution in [0.25, 0.3) is 10.9 Å². The lowest BCUT2D eigenvalue weighted by molar-refractivity contribution is 0.0601. The zero-order valence-electron chi connectivity index (χ0n) is 16.4. The molecule has 4 heterocycles. The van der Waals surface area contributed by atoms with Crippen molar-refractivity contribution in [3.05, 3.63) is 41.0 Å². The average Bonchev–Trinajstić information content (AvgIpc) is 3.48. The van der Waals surface area contributed by atoms with Crippen LogP contribution in [0.3, 0.4) is 0 Å². The molecule has 2 aliphatic rings. The molecule has 2 aliphatic heterocycles. The van der Waals surface area contributed by atoms with Crippen LogP contribution in [0.5, 0.6) is 5.75 Å². The molecule has 2 fully saturated rings. The summed E-state index contributed by atoms with van der Waals surface area (Å²) in [5.74, 6) is 0.960. The highest BCUT2D eigenvalue weighted by molar-refractivity contribution is 7.07. The van der Waals surface area contributed by atoms with E-state index in [0.717, 1.165) is 43.6 Å². The van der Waals surface area contributed by atoms with Crippen LogP contribution < -0.4 is 4.74 Å². The largest absolute Gasteiger partial charge is 0.490 e. The number of aromatic nitrogens is 3. The van der Waals surface area contributed by atoms with Crippen molar-refractivity contribution in [2.24, 2.45) is 0 Å². The number of amides is 1. The molecule has 1 aromatic carbocycles. The smallest absolute Gasteiger partial charge is 0.267 e. The van der Waals surface area contributed by atoms with Crippen molar-refractivity contribution >= 4 is 28.3 Å². The van der Waals surface area contributed by atoms with Gasteiger partial charge in [-0.3, -0.25) is 4.79 Å². The molecule has 0 saturated carbocycles. The predicted molar refractivity (Wildman–Crippen MR) is 111 cm³/mol. The van der Waals surface area contributed by atoms with E-state index in [-0.39, 0.29) is 12.0 Å². The maximum Gasteiger partial charge on any atom is 0.267 e. The van der Waals surface area contributed by atoms with Gasteiger partial charge >= 0.3 is 0 Å². The minimum atomic E-state index is 0.0360. The molecule has 2 saturated heterocycles. The molecule has 8 heteroatoms. The van der Waals surface area contributed by atoms with Crippen molar-refractivity contribution in [1.29, 1.82) is 0 Å². The van der Waals surface area contributed by atoms with Gasteiger partial charge in [0.25, 0.3) is 5.91 Å². The van der Waals surface area contributed by atoms with Crippen LogP contribution in [0, 0.1) is 6.92 Å². The maximum atomic E-state index is 12.7. The Morgan fingerprint density at radius 1 is 1.24 bits per heavy atom. The molecule has 3 aromatic rings. The van der Waals surface area contributed by atoms with Gasteiger partial charge in [0.05, 0.1) is 23.9 Å². The summed E-state index contributed by atoms with van der Waals surface area (Å²) in [7, 11) is 0. The van der Waals surface area contributed by atoms with Gasteiger partial charge in [-0.1, -0.05) is 10.6 Å². The fourth-order valence-corrected chi connectivity index (χ4v) is 4.88. The van der Waals surface area contributed by atoms with Gasteiger partial charge in [-0.2, -0.15) is 0 Å². The Kier molecular flexibility index (Phi) is 4.97. The highest BCUT2D eigenvalue weighted by Crippen LogP contribution is 2.32. The number of hydrogen-bond acceptors (Lipinski definition) is 6. The Morgan fingerprint density at radius 2 is 2.10 bits per heavy atom. The molecular formula is C21H24N4O3S. The Hall–Kier alpha value is -2.45. The lowest BCUT2D eigenvalue weighted by Crippen LogP contribution is -2.41. The van der Waals surface area contributed by atoms with Gasteiger partial charge in [0.2, 0.25) is 0 Å². The molecule has 152 valence electrons. The number of benzene rings is 1. The van der Waals surface area contributed by atoms with E-state index in [0.29, 0.717) is 29.7 Å². The van der Waals surface area contributed by atoms with Gasteiger partial charge < -0.3 is 18.9 Å². The zero-order chi connectivity index (χ0) is 19.8. The molecule has 0 aliphatic carbocycles. The average molecular weight is 413 g/mol. The number of rotatable bonds is 4. The predicted octanol–water partition coefficient (Wildman–Crippen LogP) is 3.45. The summed E-state index contributed by atoms with van der Waals surface area (Å²) < 4.78 is 18.1. The molecule has 1 unspecified atom stereocenters. The first kappa shape index (κ1) is 18.6. The number of piperidine rings is 1. The van der Waals surface area contributed by atoms with E-state index in [1.165, 1.54) is 17.0 Å². The fraction of sp³-hybridized carbons (Fsp3) is 0.476. The van der Waals surface area contributed by atoms with Crippen LogP contribution in [-0.2, 0) is 4.74 Å². The molecule has 2 aromatic heterocycles. The highest BCUT2D eigenvalue weighted by atomic mass is 32.1. The first-order valence-corrected chi connectivity index (χ1v) is 10.9. The van der Waals surface area contributed by atoms with Gasteiger partial charge in [-0.15, -0.1) is 5.10 Å². The lowest BCUT2D eigenvalue weighted by Gasteiger charge is -2.32. The molecule has 7 nitrogen and oxygen atoms in total. The van der Waals surface area contributed by atoms with Crippen molar-refractivity contribution in [2.75, 3.05) is 26.3 Å². The number of carbonyl (C=O) groups excluding carboxylic acids is 1. The molecule has 1 amide bonds. The Labute approximate surface area is 173 Å². The van der Waals surface area contributed by atoms with Crippen molar-refractivity contribution in [3.8, 4) is 5.75 Å². The first-order valence-electron chi connectivity index (χ1n) is 10.1. The van der Waals surface area contributed by atoms with E-state index in [4.69, 9.17) is 9.47 Å². The summed E-state index contributed by atoms with van der Waals surface area (Å²) in [5.41, 5.74) is 1.90. The second-order valence-electron chi connectivity index (χ2n) is 7.73. The van der Waals surface area contributed by atoms with Crippen LogP contribution in [0.4, 0.5) is 0 Å². The second kappa shape index (κ2) is 7.76. The monoisotopic (exact) mass is 412 g/mol. The molecule has 1 atom stereocenters. The van der Waals surface area contributed by atoms with Crippen molar-refractivity contribution in [2.45, 2.75) is 38.3 Å². The maximum absolute atomic E-state index is 12.7. The van der Waals surface area contributed by atoms with Gasteiger partial charge in [0.15, 0.2) is 0 Å². The summed E-state index contributed by atoms with van der Waals surface area (Å²) in [6, 6.07) is 8.79. The Morgan fingerprint density at radius 3 is 2.83 bits per heavy atom. The van der Waals surface area contributed by atoms with Crippen molar-refractivity contribution in [3.63, 3.8) is 0 Å². The number of fused-ring (bicyclic) bond motifs is 1. The summed E-state index contributed by atoms with van der Waals surface area (Å²) >= 11 is 1.17. The standard InChI is InChI=1S/C21H24N4O3S/c1-14-20(29-23-22-14)21(26)24-9-5-16(6-10-24)28-19-4-2-3-18-17(19)7-11-25(18)15-8-12-27-13-15/h2-4,7,11,15-16H,5-6,8-10,12-13H2,1H3. The molecule has 0 bridgehead atoms. The first-order chi connectivity index (χ1) is 14.2. The third-order valence-electron chi connectivity index (χ3n) is 5.89. The Balaban J connectivity index is 1.26. The molecule has 0 radical (unpaired) electrons. The van der Waals surface area contributed by atoms with Gasteiger partial charge in [-0.05, 0) is 43.1 Å². The number of nitrogens with zero attached hydrogens (tertiary/aromatic N) is 4. The number of likely N-dealkylation sites (tertiary alicyclic amines) is 1. The zero-order valence-corrected chi connectivity index (χ0v) is 17.2. The highest BCUT2D eigenvalue weighted by Gasteiger charge is 2.27. The third kappa shape index (κ3) is 3.51. The van der Waals surface area contributed by atoms with Crippen LogP contribution in [0.15, 0.2) is 30.5 Å². The van der Waals surface area contributed by atoms with Gasteiger partial charge in [0.1, 0.15) is 16.7 Å². The third-order valence-corrected chi connectivity index (χ3v) is 6.71. The van der Waals surface area contributed by atoms with Crippen LogP contribution in [0.2, 0.25) is 0 Å². The van der Waals surface area contributed by atoms with E-state index in [9.17, 15) is 4.79 Å². The summed E-state index contributed by atoms with van der Waals surface area (Å²) in [6.45, 7) is 4.82. The van der Waals surface area contributed by atoms with Crippen LogP contribution in [0.1, 0.15) is 40.7 Å². The van der Waals surface area contributed by atoms with E-state index in [1.54, 1.807) is 0 Å². The second-order valence-corrected chi connectivity index (χ2v) is 8.48. The van der Waals surface area contributed by atoms with Crippen molar-refractivity contribution < 1.29 is 14.3 Å². The summed E-state index contributed by atoms with van der Waals surface area (Å²) in [4.78, 5) is 15.2. The number of carbonyl (C=O) groups is 1. The molecule has 0 spiro atoms. The van der Waals surface area contributed by atoms with Crippen molar-refractivity contribution in [1.82, 2.24) is 19.1 Å². The van der Waals surface area contributed by atoms with E-state index < -0.39 is 0 Å². The van der Waals surface area contributed by atoms with E-state index >= 15 is 0 Å². The molecule has 29 heavy (non-hydrogen) atoms.